The Morgan fingerprint density at radius 2 is 2.05 bits per heavy atom. The number of carbonyl (C=O) groups excluding carboxylic acids is 1. The second-order valence-electron chi connectivity index (χ2n) is 4.38. The Morgan fingerprint density at radius 3 is 2.62 bits per heavy atom. The van der Waals surface area contributed by atoms with Crippen LogP contribution in [0.25, 0.3) is 0 Å². The number of halogens is 1. The van der Waals surface area contributed by atoms with Crippen molar-refractivity contribution in [2.45, 2.75) is 19.3 Å². The number of alkyl halides is 1. The fraction of sp³-hybridized carbons (Fsp3) is 0.333. The van der Waals surface area contributed by atoms with Crippen LogP contribution in [0, 0.1) is 0 Å². The van der Waals surface area contributed by atoms with Gasteiger partial charge in [-0.25, -0.2) is 4.79 Å². The van der Waals surface area contributed by atoms with Gasteiger partial charge in [-0.2, -0.15) is 5.10 Å². The van der Waals surface area contributed by atoms with Crippen LogP contribution in [0.4, 0.5) is 0 Å². The van der Waals surface area contributed by atoms with Gasteiger partial charge < -0.3 is 9.47 Å². The van der Waals surface area contributed by atoms with Gasteiger partial charge >= 0.3 is 5.97 Å². The van der Waals surface area contributed by atoms with E-state index in [0.717, 1.165) is 17.0 Å². The molecule has 1 aromatic heterocycles. The topological polar surface area (TPSA) is 53.4 Å². The summed E-state index contributed by atoms with van der Waals surface area (Å²) in [5.74, 6) is 0.643. The fourth-order valence-corrected chi connectivity index (χ4v) is 2.12. The van der Waals surface area contributed by atoms with Crippen molar-refractivity contribution in [3.05, 3.63) is 47.3 Å². The molecular weight excluding hydrogens is 292 g/mol. The van der Waals surface area contributed by atoms with Crippen LogP contribution in [0.2, 0.25) is 0 Å². The smallest absolute Gasteiger partial charge is 0.358 e. The van der Waals surface area contributed by atoms with Crippen LogP contribution in [0.1, 0.15) is 28.7 Å². The van der Waals surface area contributed by atoms with E-state index in [1.54, 1.807) is 24.8 Å². The van der Waals surface area contributed by atoms with E-state index in [9.17, 15) is 4.79 Å². The molecule has 0 bridgehead atoms. The lowest BCUT2D eigenvalue weighted by atomic mass is 10.2. The highest BCUT2D eigenvalue weighted by molar-refractivity contribution is 6.17. The molecule has 112 valence electrons. The summed E-state index contributed by atoms with van der Waals surface area (Å²) in [4.78, 5) is 11.7. The molecule has 0 fully saturated rings. The Labute approximate surface area is 128 Å². The second-order valence-corrected chi connectivity index (χ2v) is 4.65. The highest BCUT2D eigenvalue weighted by Crippen LogP contribution is 2.15. The minimum atomic E-state index is -0.433. The van der Waals surface area contributed by atoms with Gasteiger partial charge in [-0.05, 0) is 30.7 Å². The number of ether oxygens (including phenoxy) is 2. The van der Waals surface area contributed by atoms with E-state index < -0.39 is 5.97 Å². The highest BCUT2D eigenvalue weighted by Gasteiger charge is 2.15. The number of methoxy groups -OCH3 is 1. The molecule has 1 aromatic carbocycles. The first-order valence-corrected chi connectivity index (χ1v) is 7.14. The van der Waals surface area contributed by atoms with Crippen molar-refractivity contribution < 1.29 is 14.3 Å². The predicted molar refractivity (Wildman–Crippen MR) is 79.8 cm³/mol. The van der Waals surface area contributed by atoms with E-state index in [2.05, 4.69) is 5.10 Å². The molecule has 0 radical (unpaired) electrons. The normalized spacial score (nSPS) is 10.4. The van der Waals surface area contributed by atoms with Crippen molar-refractivity contribution in [2.24, 2.45) is 0 Å². The lowest BCUT2D eigenvalue weighted by molar-refractivity contribution is 0.0518. The number of hydrogen-bond acceptors (Lipinski definition) is 4. The average Bonchev–Trinajstić information content (AvgIpc) is 2.91. The first-order chi connectivity index (χ1) is 10.2. The van der Waals surface area contributed by atoms with E-state index in [4.69, 9.17) is 21.1 Å². The van der Waals surface area contributed by atoms with Crippen LogP contribution in [0.15, 0.2) is 30.3 Å². The number of hydrogen-bond donors (Lipinski definition) is 0. The third-order valence-electron chi connectivity index (χ3n) is 2.98. The molecule has 21 heavy (non-hydrogen) atoms. The average molecular weight is 309 g/mol. The van der Waals surface area contributed by atoms with Crippen molar-refractivity contribution >= 4 is 17.6 Å². The first-order valence-electron chi connectivity index (χ1n) is 6.60. The SMILES string of the molecule is CCOC(=O)c1cc(CCl)n(Cc2ccc(OC)cc2)n1. The first kappa shape index (κ1) is 15.4. The second kappa shape index (κ2) is 7.13. The van der Waals surface area contributed by atoms with E-state index in [-0.39, 0.29) is 11.6 Å². The molecular formula is C15H17ClN2O3. The number of esters is 1. The van der Waals surface area contributed by atoms with Gasteiger partial charge in [0.1, 0.15) is 5.75 Å². The molecule has 0 amide bonds. The van der Waals surface area contributed by atoms with Crippen LogP contribution < -0.4 is 4.74 Å². The van der Waals surface area contributed by atoms with Crippen molar-refractivity contribution in [3.8, 4) is 5.75 Å². The van der Waals surface area contributed by atoms with Gasteiger partial charge in [-0.3, -0.25) is 4.68 Å². The van der Waals surface area contributed by atoms with E-state index >= 15 is 0 Å². The number of carbonyl (C=O) groups is 1. The summed E-state index contributed by atoms with van der Waals surface area (Å²) in [6.45, 7) is 2.61. The Morgan fingerprint density at radius 1 is 1.33 bits per heavy atom. The van der Waals surface area contributed by atoms with Crippen LogP contribution in [-0.2, 0) is 17.2 Å². The third kappa shape index (κ3) is 3.76. The molecule has 0 saturated carbocycles. The van der Waals surface area contributed by atoms with Crippen LogP contribution >= 0.6 is 11.6 Å². The Kier molecular flexibility index (Phi) is 5.22. The molecule has 0 aliphatic carbocycles. The number of benzene rings is 1. The molecule has 2 aromatic rings. The molecule has 0 aliphatic rings. The fourth-order valence-electron chi connectivity index (χ4n) is 1.91. The molecule has 0 saturated heterocycles. The summed E-state index contributed by atoms with van der Waals surface area (Å²) in [5.41, 5.74) is 2.09. The van der Waals surface area contributed by atoms with Gasteiger partial charge in [-0.1, -0.05) is 12.1 Å². The van der Waals surface area contributed by atoms with Crippen molar-refractivity contribution in [1.29, 1.82) is 0 Å². The summed E-state index contributed by atoms with van der Waals surface area (Å²) in [7, 11) is 1.62. The lowest BCUT2D eigenvalue weighted by Crippen LogP contribution is -2.08. The maximum atomic E-state index is 11.7. The zero-order chi connectivity index (χ0) is 15.2. The Balaban J connectivity index is 2.19. The van der Waals surface area contributed by atoms with Gasteiger partial charge in [0.05, 0.1) is 31.8 Å². The maximum absolute atomic E-state index is 11.7. The standard InChI is InChI=1S/C15H17ClN2O3/c1-3-21-15(19)14-8-12(9-16)18(17-14)10-11-4-6-13(20-2)7-5-11/h4-8H,3,9-10H2,1-2H3. The summed E-state index contributed by atoms with van der Waals surface area (Å²) >= 11 is 5.91. The van der Waals surface area contributed by atoms with Crippen molar-refractivity contribution in [1.82, 2.24) is 9.78 Å². The number of nitrogens with zero attached hydrogens (tertiary/aromatic N) is 2. The molecule has 6 heteroatoms. The molecule has 0 unspecified atom stereocenters. The van der Waals surface area contributed by atoms with Crippen LogP contribution in [-0.4, -0.2) is 29.5 Å². The van der Waals surface area contributed by atoms with E-state index in [1.807, 2.05) is 24.3 Å². The summed E-state index contributed by atoms with van der Waals surface area (Å²) in [6.07, 6.45) is 0. The largest absolute Gasteiger partial charge is 0.497 e. The maximum Gasteiger partial charge on any atom is 0.358 e. The quantitative estimate of drug-likeness (QED) is 0.608. The molecule has 0 N–H and O–H groups in total. The van der Waals surface area contributed by atoms with Gasteiger partial charge in [-0.15, -0.1) is 11.6 Å². The van der Waals surface area contributed by atoms with Crippen molar-refractivity contribution in [2.75, 3.05) is 13.7 Å². The van der Waals surface area contributed by atoms with Gasteiger partial charge in [0.15, 0.2) is 5.69 Å². The molecule has 1 heterocycles. The Hall–Kier alpha value is -2.01. The molecule has 0 aliphatic heterocycles. The van der Waals surface area contributed by atoms with Crippen molar-refractivity contribution in [3.63, 3.8) is 0 Å². The number of rotatable bonds is 6. The summed E-state index contributed by atoms with van der Waals surface area (Å²) < 4.78 is 11.8. The minimum Gasteiger partial charge on any atom is -0.497 e. The van der Waals surface area contributed by atoms with Crippen LogP contribution in [0.3, 0.4) is 0 Å². The van der Waals surface area contributed by atoms with E-state index in [0.29, 0.717) is 13.2 Å². The summed E-state index contributed by atoms with van der Waals surface area (Å²) in [5, 5.41) is 4.26. The monoisotopic (exact) mass is 308 g/mol. The predicted octanol–water partition coefficient (Wildman–Crippen LogP) is 2.86. The van der Waals surface area contributed by atoms with E-state index in [1.165, 1.54) is 0 Å². The molecule has 5 nitrogen and oxygen atoms in total. The zero-order valence-corrected chi connectivity index (χ0v) is 12.8. The lowest BCUT2D eigenvalue weighted by Gasteiger charge is -2.06. The Bertz CT molecular complexity index is 608. The molecule has 0 spiro atoms. The van der Waals surface area contributed by atoms with Gasteiger partial charge in [0.25, 0.3) is 0 Å². The zero-order valence-electron chi connectivity index (χ0n) is 12.0. The molecule has 2 rings (SSSR count). The minimum absolute atomic E-state index is 0.279. The number of aromatic nitrogens is 2. The molecule has 0 atom stereocenters. The third-order valence-corrected chi connectivity index (χ3v) is 3.25. The summed E-state index contributed by atoms with van der Waals surface area (Å²) in [6, 6.07) is 9.32. The highest BCUT2D eigenvalue weighted by atomic mass is 35.5. The van der Waals surface area contributed by atoms with Crippen LogP contribution in [0.5, 0.6) is 5.75 Å². The van der Waals surface area contributed by atoms with Gasteiger partial charge in [0, 0.05) is 0 Å². The van der Waals surface area contributed by atoms with Gasteiger partial charge in [0.2, 0.25) is 0 Å².